The number of aromatic nitrogens is 1. The number of aryl methyl sites for hydroxylation is 1. The van der Waals surface area contributed by atoms with Crippen molar-refractivity contribution in [1.29, 1.82) is 5.26 Å². The zero-order valence-corrected chi connectivity index (χ0v) is 12.4. The number of phenolic OH excluding ortho intramolecular Hbond substituents is 1. The predicted molar refractivity (Wildman–Crippen MR) is 84.1 cm³/mol. The molecule has 0 spiro atoms. The molecule has 5 nitrogen and oxygen atoms in total. The summed E-state index contributed by atoms with van der Waals surface area (Å²) < 4.78 is 5.17. The molecular formula is C17H16N2O3. The number of H-pyrrole nitrogens is 1. The van der Waals surface area contributed by atoms with Gasteiger partial charge in [0.1, 0.15) is 11.6 Å². The minimum Gasteiger partial charge on any atom is -0.504 e. The number of rotatable bonds is 4. The molecule has 5 heteroatoms. The van der Waals surface area contributed by atoms with E-state index in [0.29, 0.717) is 23.2 Å². The Bertz CT molecular complexity index is 829. The molecule has 2 rings (SSSR count). The van der Waals surface area contributed by atoms with E-state index < -0.39 is 5.56 Å². The van der Waals surface area contributed by atoms with Crippen LogP contribution in [0.15, 0.2) is 35.6 Å². The number of methoxy groups -OCH3 is 1. The Morgan fingerprint density at radius 1 is 1.41 bits per heavy atom. The van der Waals surface area contributed by atoms with Crippen LogP contribution in [0.1, 0.15) is 16.8 Å². The molecule has 0 aliphatic carbocycles. The summed E-state index contributed by atoms with van der Waals surface area (Å²) in [6.45, 7) is 5.40. The lowest BCUT2D eigenvalue weighted by Gasteiger charge is -2.13. The van der Waals surface area contributed by atoms with E-state index in [1.54, 1.807) is 31.2 Å². The lowest BCUT2D eigenvalue weighted by Crippen LogP contribution is -2.12. The molecule has 2 N–H and O–H groups in total. The standard InChI is InChI=1S/C17H16N2O3/c1-4-5-11-7-13(16(20)15(8-11)22-3)12-6-10(2)19-17(21)14(12)9-18/h4,6-8,20H,1,5H2,2-3H3,(H,19,21). The molecule has 0 aliphatic rings. The minimum absolute atomic E-state index is 0.0429. The second-order valence-corrected chi connectivity index (χ2v) is 4.87. The number of hydrogen-bond donors (Lipinski definition) is 2. The minimum atomic E-state index is -0.481. The average molecular weight is 296 g/mol. The van der Waals surface area contributed by atoms with Crippen LogP contribution in [0.2, 0.25) is 0 Å². The van der Waals surface area contributed by atoms with Crippen LogP contribution in [-0.4, -0.2) is 17.2 Å². The van der Waals surface area contributed by atoms with Crippen molar-refractivity contribution < 1.29 is 9.84 Å². The molecule has 22 heavy (non-hydrogen) atoms. The van der Waals surface area contributed by atoms with Crippen molar-refractivity contribution in [1.82, 2.24) is 4.98 Å². The number of nitrogens with zero attached hydrogens (tertiary/aromatic N) is 1. The third-order valence-electron chi connectivity index (χ3n) is 3.30. The summed E-state index contributed by atoms with van der Waals surface area (Å²) in [5, 5.41) is 19.6. The summed E-state index contributed by atoms with van der Waals surface area (Å²) in [4.78, 5) is 14.5. The van der Waals surface area contributed by atoms with Gasteiger partial charge in [0.25, 0.3) is 5.56 Å². The number of phenols is 1. The molecule has 0 saturated carbocycles. The highest BCUT2D eigenvalue weighted by Crippen LogP contribution is 2.39. The Morgan fingerprint density at radius 2 is 2.14 bits per heavy atom. The van der Waals surface area contributed by atoms with E-state index in [2.05, 4.69) is 11.6 Å². The number of allylic oxidation sites excluding steroid dienone is 1. The maximum atomic E-state index is 11.9. The number of ether oxygens (including phenoxy) is 1. The van der Waals surface area contributed by atoms with E-state index in [-0.39, 0.29) is 17.1 Å². The van der Waals surface area contributed by atoms with Gasteiger partial charge in [0, 0.05) is 16.8 Å². The Kier molecular flexibility index (Phi) is 4.33. The Labute approximate surface area is 128 Å². The van der Waals surface area contributed by atoms with Crippen molar-refractivity contribution in [2.45, 2.75) is 13.3 Å². The molecule has 0 bridgehead atoms. The largest absolute Gasteiger partial charge is 0.504 e. The summed E-state index contributed by atoms with van der Waals surface area (Å²) in [6, 6.07) is 6.98. The first kappa shape index (κ1) is 15.4. The van der Waals surface area contributed by atoms with E-state index in [4.69, 9.17) is 4.74 Å². The summed E-state index contributed by atoms with van der Waals surface area (Å²) in [6.07, 6.45) is 2.30. The van der Waals surface area contributed by atoms with E-state index in [1.165, 1.54) is 7.11 Å². The average Bonchev–Trinajstić information content (AvgIpc) is 2.48. The van der Waals surface area contributed by atoms with Crippen molar-refractivity contribution in [2.75, 3.05) is 7.11 Å². The van der Waals surface area contributed by atoms with Gasteiger partial charge < -0.3 is 14.8 Å². The molecule has 0 atom stereocenters. The number of nitriles is 1. The van der Waals surface area contributed by atoms with Crippen LogP contribution in [0.5, 0.6) is 11.5 Å². The molecular weight excluding hydrogens is 280 g/mol. The molecule has 2 aromatic rings. The molecule has 1 heterocycles. The fourth-order valence-electron chi connectivity index (χ4n) is 2.32. The molecule has 1 aromatic carbocycles. The third-order valence-corrected chi connectivity index (χ3v) is 3.30. The van der Waals surface area contributed by atoms with Gasteiger partial charge in [-0.2, -0.15) is 5.26 Å². The van der Waals surface area contributed by atoms with Gasteiger partial charge in [-0.15, -0.1) is 6.58 Å². The van der Waals surface area contributed by atoms with Gasteiger partial charge in [-0.25, -0.2) is 0 Å². The fourth-order valence-corrected chi connectivity index (χ4v) is 2.32. The summed E-state index contributed by atoms with van der Waals surface area (Å²) in [7, 11) is 1.45. The Hall–Kier alpha value is -3.00. The van der Waals surface area contributed by atoms with Crippen LogP contribution in [0, 0.1) is 18.3 Å². The highest BCUT2D eigenvalue weighted by Gasteiger charge is 2.17. The van der Waals surface area contributed by atoms with Crippen molar-refractivity contribution in [3.05, 3.63) is 58.0 Å². The summed E-state index contributed by atoms with van der Waals surface area (Å²) in [5.41, 5.74) is 1.71. The van der Waals surface area contributed by atoms with Crippen LogP contribution < -0.4 is 10.3 Å². The molecule has 0 amide bonds. The SMILES string of the molecule is C=CCc1cc(OC)c(O)c(-c2cc(C)[nH]c(=O)c2C#N)c1. The lowest BCUT2D eigenvalue weighted by molar-refractivity contribution is 0.374. The van der Waals surface area contributed by atoms with Gasteiger partial charge in [-0.05, 0) is 37.1 Å². The number of aromatic amines is 1. The normalized spacial score (nSPS) is 10.0. The van der Waals surface area contributed by atoms with E-state index >= 15 is 0 Å². The highest BCUT2D eigenvalue weighted by molar-refractivity contribution is 5.78. The second-order valence-electron chi connectivity index (χ2n) is 4.87. The van der Waals surface area contributed by atoms with Crippen LogP contribution in [-0.2, 0) is 6.42 Å². The van der Waals surface area contributed by atoms with Crippen LogP contribution in [0.25, 0.3) is 11.1 Å². The molecule has 0 aliphatic heterocycles. The van der Waals surface area contributed by atoms with E-state index in [1.807, 2.05) is 6.07 Å². The van der Waals surface area contributed by atoms with Crippen LogP contribution in [0.3, 0.4) is 0 Å². The topological polar surface area (TPSA) is 86.1 Å². The van der Waals surface area contributed by atoms with Crippen molar-refractivity contribution in [3.8, 4) is 28.7 Å². The van der Waals surface area contributed by atoms with Gasteiger partial charge in [0.05, 0.1) is 7.11 Å². The number of benzene rings is 1. The van der Waals surface area contributed by atoms with E-state index in [0.717, 1.165) is 5.56 Å². The predicted octanol–water partition coefficient (Wildman–Crippen LogP) is 2.66. The van der Waals surface area contributed by atoms with Crippen molar-refractivity contribution in [2.24, 2.45) is 0 Å². The zero-order chi connectivity index (χ0) is 16.3. The molecule has 0 fully saturated rings. The first-order valence-corrected chi connectivity index (χ1v) is 6.67. The molecule has 0 saturated heterocycles. The summed E-state index contributed by atoms with van der Waals surface area (Å²) in [5.74, 6) is 0.188. The number of nitrogens with one attached hydrogen (secondary N) is 1. The van der Waals surface area contributed by atoms with Crippen molar-refractivity contribution in [3.63, 3.8) is 0 Å². The van der Waals surface area contributed by atoms with Gasteiger partial charge in [-0.1, -0.05) is 6.08 Å². The van der Waals surface area contributed by atoms with Crippen LogP contribution >= 0.6 is 0 Å². The van der Waals surface area contributed by atoms with Gasteiger partial charge >= 0.3 is 0 Å². The Morgan fingerprint density at radius 3 is 2.73 bits per heavy atom. The molecule has 1 aromatic heterocycles. The maximum absolute atomic E-state index is 11.9. The molecule has 0 unspecified atom stereocenters. The third kappa shape index (κ3) is 2.72. The Balaban J connectivity index is 2.82. The fraction of sp³-hybridized carbons (Fsp3) is 0.176. The van der Waals surface area contributed by atoms with Gasteiger partial charge in [0.15, 0.2) is 11.5 Å². The highest BCUT2D eigenvalue weighted by atomic mass is 16.5. The number of pyridine rings is 1. The number of hydrogen-bond acceptors (Lipinski definition) is 4. The summed E-state index contributed by atoms with van der Waals surface area (Å²) >= 11 is 0. The maximum Gasteiger partial charge on any atom is 0.266 e. The number of aromatic hydroxyl groups is 1. The zero-order valence-electron chi connectivity index (χ0n) is 12.4. The first-order valence-electron chi connectivity index (χ1n) is 6.67. The van der Waals surface area contributed by atoms with Gasteiger partial charge in [0.2, 0.25) is 0 Å². The van der Waals surface area contributed by atoms with E-state index in [9.17, 15) is 15.2 Å². The molecule has 0 radical (unpaired) electrons. The van der Waals surface area contributed by atoms with Gasteiger partial charge in [-0.3, -0.25) is 4.79 Å². The smallest absolute Gasteiger partial charge is 0.266 e. The molecule has 112 valence electrons. The van der Waals surface area contributed by atoms with Crippen LogP contribution in [0.4, 0.5) is 0 Å². The second kappa shape index (κ2) is 6.19. The lowest BCUT2D eigenvalue weighted by atomic mass is 9.96. The quantitative estimate of drug-likeness (QED) is 0.849. The van der Waals surface area contributed by atoms with Crippen molar-refractivity contribution >= 4 is 0 Å². The monoisotopic (exact) mass is 296 g/mol. The first-order chi connectivity index (χ1) is 10.5.